The molecule has 0 aliphatic carbocycles. The topological polar surface area (TPSA) is 59.2 Å². The van der Waals surface area contributed by atoms with E-state index in [2.05, 4.69) is 15.3 Å². The van der Waals surface area contributed by atoms with Gasteiger partial charge in [-0.15, -0.1) is 0 Å². The smallest absolute Gasteiger partial charge is 0.163 e. The van der Waals surface area contributed by atoms with Crippen molar-refractivity contribution in [3.63, 3.8) is 0 Å². The van der Waals surface area contributed by atoms with Gasteiger partial charge < -0.3 is 19.8 Å². The van der Waals surface area contributed by atoms with Crippen molar-refractivity contribution >= 4 is 22.4 Å². The van der Waals surface area contributed by atoms with Crippen molar-refractivity contribution in [3.8, 4) is 22.8 Å². The summed E-state index contributed by atoms with van der Waals surface area (Å²) >= 11 is 0. The molecular weight excluding hydrogens is 345 g/mol. The Labute approximate surface area is 154 Å². The molecule has 3 heterocycles. The lowest BCUT2D eigenvalue weighted by atomic mass is 10.1. The first-order valence-corrected chi connectivity index (χ1v) is 8.67. The Morgan fingerprint density at radius 1 is 0.963 bits per heavy atom. The third-order valence-corrected chi connectivity index (χ3v) is 4.49. The lowest BCUT2D eigenvalue weighted by Gasteiger charge is -2.19. The number of rotatable bonds is 3. The maximum atomic E-state index is 13.6. The Kier molecular flexibility index (Phi) is 3.67. The molecule has 0 saturated heterocycles. The number of nitrogens with one attached hydrogen (secondary N) is 2. The van der Waals surface area contributed by atoms with Crippen molar-refractivity contribution in [3.05, 3.63) is 66.6 Å². The van der Waals surface area contributed by atoms with Crippen molar-refractivity contribution in [1.82, 2.24) is 9.97 Å². The van der Waals surface area contributed by atoms with Crippen molar-refractivity contribution in [1.29, 1.82) is 0 Å². The minimum atomic E-state index is -0.265. The summed E-state index contributed by atoms with van der Waals surface area (Å²) in [6.07, 6.45) is 1.73. The van der Waals surface area contributed by atoms with E-state index in [0.29, 0.717) is 24.8 Å². The van der Waals surface area contributed by atoms with Crippen LogP contribution in [-0.4, -0.2) is 23.2 Å². The number of aromatic nitrogens is 2. The molecule has 27 heavy (non-hydrogen) atoms. The summed E-state index contributed by atoms with van der Waals surface area (Å²) < 4.78 is 24.7. The number of aromatic amines is 1. The molecule has 0 saturated carbocycles. The second-order valence-corrected chi connectivity index (χ2v) is 6.30. The average Bonchev–Trinajstić information content (AvgIpc) is 3.13. The van der Waals surface area contributed by atoms with Gasteiger partial charge in [0.1, 0.15) is 24.8 Å². The number of hydrogen-bond acceptors (Lipinski definition) is 4. The Balaban J connectivity index is 1.52. The molecule has 5 nitrogen and oxygen atoms in total. The second-order valence-electron chi connectivity index (χ2n) is 6.30. The van der Waals surface area contributed by atoms with E-state index in [0.717, 1.165) is 33.6 Å². The molecule has 1 aliphatic rings. The van der Waals surface area contributed by atoms with Crippen LogP contribution in [0.25, 0.3) is 22.2 Å². The predicted octanol–water partition coefficient (Wildman–Crippen LogP) is 4.88. The molecule has 2 aromatic heterocycles. The highest BCUT2D eigenvalue weighted by atomic mass is 19.1. The summed E-state index contributed by atoms with van der Waals surface area (Å²) in [7, 11) is 0. The molecular formula is C21H16FN3O2. The third kappa shape index (κ3) is 2.95. The quantitative estimate of drug-likeness (QED) is 0.546. The van der Waals surface area contributed by atoms with Crippen molar-refractivity contribution in [2.24, 2.45) is 0 Å². The first-order valence-electron chi connectivity index (χ1n) is 8.67. The maximum Gasteiger partial charge on any atom is 0.163 e. The molecule has 134 valence electrons. The summed E-state index contributed by atoms with van der Waals surface area (Å²) in [5.74, 6) is 1.91. The highest BCUT2D eigenvalue weighted by Crippen LogP contribution is 2.35. The van der Waals surface area contributed by atoms with Crippen LogP contribution in [0.15, 0.2) is 60.8 Å². The van der Waals surface area contributed by atoms with E-state index >= 15 is 0 Å². The fourth-order valence-corrected chi connectivity index (χ4v) is 3.22. The van der Waals surface area contributed by atoms with E-state index in [1.54, 1.807) is 12.3 Å². The van der Waals surface area contributed by atoms with Gasteiger partial charge in [0, 0.05) is 34.6 Å². The van der Waals surface area contributed by atoms with Crippen LogP contribution < -0.4 is 14.8 Å². The van der Waals surface area contributed by atoms with Gasteiger partial charge in [-0.05, 0) is 36.4 Å². The van der Waals surface area contributed by atoms with E-state index in [1.165, 1.54) is 12.1 Å². The lowest BCUT2D eigenvalue weighted by molar-refractivity contribution is 0.171. The number of fused-ring (bicyclic) bond motifs is 2. The van der Waals surface area contributed by atoms with Crippen molar-refractivity contribution < 1.29 is 13.9 Å². The average molecular weight is 361 g/mol. The van der Waals surface area contributed by atoms with Crippen LogP contribution in [0.4, 0.5) is 15.9 Å². The molecule has 2 N–H and O–H groups in total. The summed E-state index contributed by atoms with van der Waals surface area (Å²) in [6.45, 7) is 1.10. The van der Waals surface area contributed by atoms with Crippen LogP contribution in [-0.2, 0) is 0 Å². The first-order chi connectivity index (χ1) is 13.3. The zero-order chi connectivity index (χ0) is 18.2. The van der Waals surface area contributed by atoms with E-state index in [9.17, 15) is 4.39 Å². The second kappa shape index (κ2) is 6.32. The monoisotopic (exact) mass is 361 g/mol. The van der Waals surface area contributed by atoms with Crippen molar-refractivity contribution in [2.45, 2.75) is 0 Å². The summed E-state index contributed by atoms with van der Waals surface area (Å²) in [5, 5.41) is 4.26. The van der Waals surface area contributed by atoms with Gasteiger partial charge in [0.05, 0.1) is 5.52 Å². The van der Waals surface area contributed by atoms with Crippen LogP contribution in [0.2, 0.25) is 0 Å². The van der Waals surface area contributed by atoms with Gasteiger partial charge in [-0.3, -0.25) is 0 Å². The number of nitrogens with zero attached hydrogens (tertiary/aromatic N) is 1. The minimum absolute atomic E-state index is 0.265. The predicted molar refractivity (Wildman–Crippen MR) is 102 cm³/mol. The van der Waals surface area contributed by atoms with Gasteiger partial charge in [0.25, 0.3) is 0 Å². The molecule has 4 aromatic rings. The highest BCUT2D eigenvalue weighted by Gasteiger charge is 2.13. The molecule has 0 bridgehead atoms. The van der Waals surface area contributed by atoms with Crippen molar-refractivity contribution in [2.75, 3.05) is 18.5 Å². The molecule has 0 spiro atoms. The first kappa shape index (κ1) is 15.7. The van der Waals surface area contributed by atoms with Crippen LogP contribution >= 0.6 is 0 Å². The lowest BCUT2D eigenvalue weighted by Crippen LogP contribution is -2.15. The van der Waals surface area contributed by atoms with Gasteiger partial charge >= 0.3 is 0 Å². The molecule has 5 rings (SSSR count). The molecule has 1 aliphatic heterocycles. The summed E-state index contributed by atoms with van der Waals surface area (Å²) in [4.78, 5) is 7.79. The zero-order valence-corrected chi connectivity index (χ0v) is 14.3. The fourth-order valence-electron chi connectivity index (χ4n) is 3.22. The summed E-state index contributed by atoms with van der Waals surface area (Å²) in [5.41, 5.74) is 3.40. The van der Waals surface area contributed by atoms with Gasteiger partial charge in [0.15, 0.2) is 11.5 Å². The molecule has 2 aromatic carbocycles. The molecule has 0 atom stereocenters. The van der Waals surface area contributed by atoms with Crippen LogP contribution in [0, 0.1) is 5.82 Å². The van der Waals surface area contributed by atoms with Gasteiger partial charge in [-0.25, -0.2) is 9.37 Å². The highest BCUT2D eigenvalue weighted by molar-refractivity contribution is 5.95. The van der Waals surface area contributed by atoms with Crippen LogP contribution in [0.3, 0.4) is 0 Å². The Morgan fingerprint density at radius 2 is 1.85 bits per heavy atom. The maximum absolute atomic E-state index is 13.6. The fraction of sp³-hybridized carbons (Fsp3) is 0.0952. The number of ether oxygens (including phenoxy) is 2. The van der Waals surface area contributed by atoms with E-state index in [1.807, 2.05) is 36.4 Å². The largest absolute Gasteiger partial charge is 0.486 e. The van der Waals surface area contributed by atoms with Gasteiger partial charge in [0.2, 0.25) is 0 Å². The molecule has 0 fully saturated rings. The minimum Gasteiger partial charge on any atom is -0.486 e. The van der Waals surface area contributed by atoms with Gasteiger partial charge in [-0.1, -0.05) is 12.1 Å². The summed E-state index contributed by atoms with van der Waals surface area (Å²) in [6, 6.07) is 16.1. The van der Waals surface area contributed by atoms with E-state index in [4.69, 9.17) is 9.47 Å². The Hall–Kier alpha value is -3.54. The number of anilines is 2. The Morgan fingerprint density at radius 3 is 2.74 bits per heavy atom. The number of pyridine rings is 1. The van der Waals surface area contributed by atoms with E-state index in [-0.39, 0.29) is 5.82 Å². The number of halogens is 1. The normalized spacial score (nSPS) is 12.9. The SMILES string of the molecule is Fc1cccc(-c2cc3c(Nc4ccc5c(c4)OCCO5)nccc3[nH]2)c1. The van der Waals surface area contributed by atoms with Crippen LogP contribution in [0.1, 0.15) is 0 Å². The van der Waals surface area contributed by atoms with Crippen LogP contribution in [0.5, 0.6) is 11.5 Å². The number of hydrogen-bond donors (Lipinski definition) is 2. The number of benzene rings is 2. The number of H-pyrrole nitrogens is 1. The standard InChI is InChI=1S/C21H16FN3O2/c22-14-3-1-2-13(10-14)18-12-16-17(25-18)6-7-23-21(16)24-15-4-5-19-20(11-15)27-9-8-26-19/h1-7,10-12,25H,8-9H2,(H,23,24). The molecule has 6 heteroatoms. The molecule has 0 amide bonds. The molecule has 0 radical (unpaired) electrons. The Bertz CT molecular complexity index is 1140. The third-order valence-electron chi connectivity index (χ3n) is 4.49. The zero-order valence-electron chi connectivity index (χ0n) is 14.3. The van der Waals surface area contributed by atoms with E-state index < -0.39 is 0 Å². The molecule has 0 unspecified atom stereocenters. The van der Waals surface area contributed by atoms with Gasteiger partial charge in [-0.2, -0.15) is 0 Å².